The second-order valence-corrected chi connectivity index (χ2v) is 14.9. The maximum atomic E-state index is 14.2. The minimum Gasteiger partial charge on any atom is -0.463 e. The molecular weight excluding hydrogens is 566 g/mol. The van der Waals surface area contributed by atoms with E-state index in [1.54, 1.807) is 35.0 Å². The van der Waals surface area contributed by atoms with Gasteiger partial charge in [0.2, 0.25) is 0 Å². The number of hydrogen-bond acceptors (Lipinski definition) is 11. The summed E-state index contributed by atoms with van der Waals surface area (Å²) in [6, 6.07) is 0.152. The molecule has 0 amide bonds. The van der Waals surface area contributed by atoms with Crippen LogP contribution in [-0.2, 0) is 33.3 Å². The van der Waals surface area contributed by atoms with Gasteiger partial charge in [0.15, 0.2) is 12.1 Å². The molecule has 0 aromatic carbocycles. The number of ether oxygens (including phenoxy) is 5. The van der Waals surface area contributed by atoms with E-state index < -0.39 is 41.4 Å². The summed E-state index contributed by atoms with van der Waals surface area (Å²) in [6.45, 7) is 16.7. The van der Waals surface area contributed by atoms with E-state index in [0.29, 0.717) is 31.4 Å². The van der Waals surface area contributed by atoms with Crippen molar-refractivity contribution in [2.75, 3.05) is 68.2 Å². The van der Waals surface area contributed by atoms with E-state index in [4.69, 9.17) is 23.7 Å². The maximum Gasteiger partial charge on any atom is 0.319 e. The highest BCUT2D eigenvalue weighted by Gasteiger charge is 2.52. The van der Waals surface area contributed by atoms with Crippen molar-refractivity contribution < 1.29 is 38.4 Å². The summed E-state index contributed by atoms with van der Waals surface area (Å²) in [5.74, 6) is -1.11. The molecule has 0 aromatic heterocycles. The van der Waals surface area contributed by atoms with Gasteiger partial charge in [0.25, 0.3) is 0 Å². The third-order valence-corrected chi connectivity index (χ3v) is 10.4. The maximum absolute atomic E-state index is 14.2. The Kier molecular flexibility index (Phi) is 12.8. The van der Waals surface area contributed by atoms with Crippen molar-refractivity contribution in [1.29, 1.82) is 0 Å². The van der Waals surface area contributed by atoms with Gasteiger partial charge in [-0.1, -0.05) is 13.8 Å². The molecule has 44 heavy (non-hydrogen) atoms. The number of aliphatic hydroxyl groups excluding tert-OH is 1. The average Bonchev–Trinajstić information content (AvgIpc) is 2.92. The van der Waals surface area contributed by atoms with Gasteiger partial charge in [-0.3, -0.25) is 19.4 Å². The van der Waals surface area contributed by atoms with Gasteiger partial charge >= 0.3 is 5.97 Å². The molecule has 0 saturated carbocycles. The van der Waals surface area contributed by atoms with Gasteiger partial charge < -0.3 is 33.7 Å². The second kappa shape index (κ2) is 15.2. The van der Waals surface area contributed by atoms with Crippen LogP contribution in [0.2, 0.25) is 0 Å². The van der Waals surface area contributed by atoms with Gasteiger partial charge in [-0.05, 0) is 74.5 Å². The number of Topliss-reactive ketones (excluding diaryl/α,β-unsaturated/α-hetero) is 1. The highest BCUT2D eigenvalue weighted by molar-refractivity contribution is 6.04. The Labute approximate surface area is 265 Å². The van der Waals surface area contributed by atoms with Crippen LogP contribution in [0.15, 0.2) is 0 Å². The lowest BCUT2D eigenvalue weighted by atomic mass is 9.74. The number of carbonyl (C=O) groups excluding carboxylic acids is 2. The molecule has 1 unspecified atom stereocenters. The zero-order chi connectivity index (χ0) is 33.1. The van der Waals surface area contributed by atoms with Gasteiger partial charge in [0.1, 0.15) is 18.1 Å². The molecule has 0 radical (unpaired) electrons. The van der Waals surface area contributed by atoms with Crippen LogP contribution in [-0.4, -0.2) is 148 Å². The number of hydrogen-bond donors (Lipinski definition) is 1. The normalized spacial score (nSPS) is 39.6. The van der Waals surface area contributed by atoms with Crippen molar-refractivity contribution in [1.82, 2.24) is 14.7 Å². The molecule has 11 nitrogen and oxygen atoms in total. The molecule has 10 atom stereocenters. The number of aliphatic hydroxyl groups is 1. The van der Waals surface area contributed by atoms with Gasteiger partial charge in [0.05, 0.1) is 24.4 Å². The molecule has 3 aliphatic rings. The fourth-order valence-corrected chi connectivity index (χ4v) is 7.56. The summed E-state index contributed by atoms with van der Waals surface area (Å²) in [7, 11) is 9.29. The summed E-state index contributed by atoms with van der Waals surface area (Å²) in [4.78, 5) is 34.4. The molecule has 0 aromatic rings. The molecule has 0 aliphatic carbocycles. The first kappa shape index (κ1) is 37.3. The van der Waals surface area contributed by atoms with Gasteiger partial charge in [-0.15, -0.1) is 0 Å². The van der Waals surface area contributed by atoms with E-state index in [0.717, 1.165) is 19.6 Å². The Balaban J connectivity index is 1.93. The van der Waals surface area contributed by atoms with Gasteiger partial charge in [0, 0.05) is 63.8 Å². The number of cyclic esters (lactones) is 1. The smallest absolute Gasteiger partial charge is 0.319 e. The predicted octanol–water partition coefficient (Wildman–Crippen LogP) is 2.28. The number of likely N-dealkylation sites (tertiary alicyclic amines) is 1. The summed E-state index contributed by atoms with van der Waals surface area (Å²) in [5, 5.41) is 11.3. The second-order valence-electron chi connectivity index (χ2n) is 14.9. The van der Waals surface area contributed by atoms with E-state index in [2.05, 4.69) is 30.7 Å². The lowest BCUT2D eigenvalue weighted by Crippen LogP contribution is -2.61. The first-order chi connectivity index (χ1) is 20.5. The molecule has 1 N–H and O–H groups in total. The van der Waals surface area contributed by atoms with Gasteiger partial charge in [-0.2, -0.15) is 0 Å². The Morgan fingerprint density at radius 1 is 1.09 bits per heavy atom. The molecule has 0 spiro atoms. The van der Waals surface area contributed by atoms with Crippen LogP contribution >= 0.6 is 0 Å². The van der Waals surface area contributed by atoms with E-state index >= 15 is 0 Å². The molecular formula is C33H61N3O8. The average molecular weight is 628 g/mol. The molecule has 3 fully saturated rings. The minimum absolute atomic E-state index is 0.00700. The van der Waals surface area contributed by atoms with Gasteiger partial charge in [-0.25, -0.2) is 0 Å². The first-order valence-electron chi connectivity index (χ1n) is 16.3. The van der Waals surface area contributed by atoms with Crippen LogP contribution in [0.3, 0.4) is 0 Å². The summed E-state index contributed by atoms with van der Waals surface area (Å²) in [5.41, 5.74) is -2.33. The topological polar surface area (TPSA) is 110 Å². The van der Waals surface area contributed by atoms with Crippen molar-refractivity contribution >= 4 is 11.8 Å². The number of ketones is 1. The zero-order valence-corrected chi connectivity index (χ0v) is 29.4. The Bertz CT molecular complexity index is 959. The predicted molar refractivity (Wildman–Crippen MR) is 168 cm³/mol. The largest absolute Gasteiger partial charge is 0.463 e. The van der Waals surface area contributed by atoms with E-state index in [9.17, 15) is 14.7 Å². The molecule has 3 saturated heterocycles. The van der Waals surface area contributed by atoms with Crippen molar-refractivity contribution in [2.24, 2.45) is 23.2 Å². The fourth-order valence-electron chi connectivity index (χ4n) is 7.56. The van der Waals surface area contributed by atoms with Crippen LogP contribution in [0.5, 0.6) is 0 Å². The number of esters is 1. The molecule has 3 aliphatic heterocycles. The van der Waals surface area contributed by atoms with Crippen LogP contribution in [0.4, 0.5) is 0 Å². The van der Waals surface area contributed by atoms with Crippen molar-refractivity contribution in [3.8, 4) is 0 Å². The quantitative estimate of drug-likeness (QED) is 0.316. The van der Waals surface area contributed by atoms with Crippen molar-refractivity contribution in [2.45, 2.75) is 110 Å². The number of likely N-dealkylation sites (N-methyl/N-ethyl adjacent to an activating group) is 2. The van der Waals surface area contributed by atoms with Crippen LogP contribution < -0.4 is 0 Å². The number of carbonyl (C=O) groups is 2. The summed E-state index contributed by atoms with van der Waals surface area (Å²) >= 11 is 0. The lowest BCUT2D eigenvalue weighted by Gasteiger charge is -2.49. The van der Waals surface area contributed by atoms with E-state index in [-0.39, 0.29) is 36.5 Å². The molecule has 0 bridgehead atoms. The standard InChI is InChI=1S/C33H61N3O8/c1-20-14-33(7,41-12)29(44-30-27(37)25(34(8)9)13-22(3)43-30)23(4)28(38)32(5,6)31(39)42-19-26(35(10)15-20)24-16-36(17-24)21(2)18-40-11/h20-27,29-30,37H,13-19H2,1-12H3/t20-,21?,22-,23+,25+,26+,27-,29-,30+,33-/m1/s1. The van der Waals surface area contributed by atoms with Crippen LogP contribution in [0.25, 0.3) is 0 Å². The Hall–Kier alpha value is -1.18. The zero-order valence-electron chi connectivity index (χ0n) is 29.4. The molecule has 3 rings (SSSR count). The van der Waals surface area contributed by atoms with Crippen LogP contribution in [0.1, 0.15) is 61.3 Å². The molecule has 3 heterocycles. The van der Waals surface area contributed by atoms with Crippen molar-refractivity contribution in [3.63, 3.8) is 0 Å². The van der Waals surface area contributed by atoms with E-state index in [1.807, 2.05) is 32.8 Å². The monoisotopic (exact) mass is 627 g/mol. The Morgan fingerprint density at radius 2 is 1.73 bits per heavy atom. The number of methoxy groups -OCH3 is 2. The molecule has 11 heteroatoms. The van der Waals surface area contributed by atoms with Crippen LogP contribution in [0, 0.1) is 23.2 Å². The number of nitrogens with zero attached hydrogens (tertiary/aromatic N) is 3. The van der Waals surface area contributed by atoms with Crippen molar-refractivity contribution in [3.05, 3.63) is 0 Å². The summed E-state index contributed by atoms with van der Waals surface area (Å²) in [6.07, 6.45) is -1.59. The first-order valence-corrected chi connectivity index (χ1v) is 16.3. The fraction of sp³-hybridized carbons (Fsp3) is 0.939. The lowest BCUT2D eigenvalue weighted by molar-refractivity contribution is -0.295. The SMILES string of the molecule is COCC(C)N1CC([C@@H]2COC(=O)C(C)(C)C(=O)[C@H](C)[C@@H](O[C@@H]3O[C@H](C)C[C@H](N(C)C)[C@H]3O)[C@](C)(OC)C[C@@H](C)CN2C)C1. The highest BCUT2D eigenvalue weighted by Crippen LogP contribution is 2.38. The number of rotatable bonds is 8. The third-order valence-electron chi connectivity index (χ3n) is 10.4. The van der Waals surface area contributed by atoms with E-state index in [1.165, 1.54) is 0 Å². The minimum atomic E-state index is -1.41. The third kappa shape index (κ3) is 8.20. The molecule has 256 valence electrons. The Morgan fingerprint density at radius 3 is 2.30 bits per heavy atom. The summed E-state index contributed by atoms with van der Waals surface area (Å²) < 4.78 is 30.3. The highest BCUT2D eigenvalue weighted by atomic mass is 16.7.